The number of hydrogen-bond acceptors (Lipinski definition) is 2. The molecule has 4 heteroatoms. The Morgan fingerprint density at radius 1 is 1.20 bits per heavy atom. The van der Waals surface area contributed by atoms with Gasteiger partial charge in [-0.3, -0.25) is 0 Å². The van der Waals surface area contributed by atoms with Crippen molar-refractivity contribution in [2.75, 3.05) is 12.4 Å². The van der Waals surface area contributed by atoms with Crippen LogP contribution in [0, 0.1) is 0 Å². The minimum Gasteiger partial charge on any atom is -0.388 e. The molecule has 2 aromatic carbocycles. The summed E-state index contributed by atoms with van der Waals surface area (Å²) >= 11 is 6.11. The Labute approximate surface area is 123 Å². The van der Waals surface area contributed by atoms with E-state index in [9.17, 15) is 0 Å². The summed E-state index contributed by atoms with van der Waals surface area (Å²) in [7, 11) is 1.93. The molecule has 0 aliphatic carbocycles. The van der Waals surface area contributed by atoms with E-state index >= 15 is 0 Å². The van der Waals surface area contributed by atoms with Gasteiger partial charge in [-0.2, -0.15) is 0 Å². The predicted molar refractivity (Wildman–Crippen MR) is 85.4 cm³/mol. The van der Waals surface area contributed by atoms with E-state index < -0.39 is 0 Å². The molecule has 3 nitrogen and oxygen atoms in total. The lowest BCUT2D eigenvalue weighted by molar-refractivity contribution is 0.796. The number of para-hydroxylation sites is 1. The zero-order valence-electron chi connectivity index (χ0n) is 11.5. The highest BCUT2D eigenvalue weighted by Crippen LogP contribution is 2.31. The van der Waals surface area contributed by atoms with Crippen LogP contribution in [-0.2, 0) is 6.54 Å². The van der Waals surface area contributed by atoms with E-state index in [1.54, 1.807) is 0 Å². The van der Waals surface area contributed by atoms with Gasteiger partial charge in [-0.05, 0) is 37.3 Å². The number of nitrogens with zero attached hydrogens (tertiary/aromatic N) is 2. The van der Waals surface area contributed by atoms with Gasteiger partial charge in [-0.25, -0.2) is 4.98 Å². The molecule has 0 fully saturated rings. The molecule has 0 unspecified atom stereocenters. The number of aromatic nitrogens is 2. The molecule has 0 saturated heterocycles. The lowest BCUT2D eigenvalue weighted by atomic mass is 10.1. The van der Waals surface area contributed by atoms with Crippen molar-refractivity contribution >= 4 is 28.3 Å². The molecule has 3 rings (SSSR count). The van der Waals surface area contributed by atoms with Crippen molar-refractivity contribution in [2.45, 2.75) is 13.5 Å². The molecule has 0 spiro atoms. The van der Waals surface area contributed by atoms with Crippen LogP contribution in [0.4, 0.5) is 5.69 Å². The molecule has 0 bridgehead atoms. The fourth-order valence-corrected chi connectivity index (χ4v) is 2.68. The number of fused-ring (bicyclic) bond motifs is 1. The summed E-state index contributed by atoms with van der Waals surface area (Å²) in [5.74, 6) is 0.967. The monoisotopic (exact) mass is 285 g/mol. The fourth-order valence-electron chi connectivity index (χ4n) is 2.52. The SMILES string of the molecule is CCn1c(-c2ccccc2NC)nc2ccc(Cl)cc21. The van der Waals surface area contributed by atoms with Crippen LogP contribution in [-0.4, -0.2) is 16.6 Å². The maximum Gasteiger partial charge on any atom is 0.143 e. The summed E-state index contributed by atoms with van der Waals surface area (Å²) < 4.78 is 2.19. The van der Waals surface area contributed by atoms with Crippen LogP contribution in [0.1, 0.15) is 6.92 Å². The number of hydrogen-bond donors (Lipinski definition) is 1. The van der Waals surface area contributed by atoms with Gasteiger partial charge in [0.1, 0.15) is 5.82 Å². The van der Waals surface area contributed by atoms with Crippen molar-refractivity contribution in [3.8, 4) is 11.4 Å². The molecular formula is C16H16ClN3. The largest absolute Gasteiger partial charge is 0.388 e. The number of halogens is 1. The molecule has 1 N–H and O–H groups in total. The molecule has 1 aromatic heterocycles. The molecule has 20 heavy (non-hydrogen) atoms. The first-order chi connectivity index (χ1) is 9.74. The normalized spacial score (nSPS) is 10.9. The summed E-state index contributed by atoms with van der Waals surface area (Å²) in [5.41, 5.74) is 4.21. The van der Waals surface area contributed by atoms with Gasteiger partial charge in [0.25, 0.3) is 0 Å². The molecular weight excluding hydrogens is 270 g/mol. The zero-order valence-corrected chi connectivity index (χ0v) is 12.3. The van der Waals surface area contributed by atoms with Crippen molar-refractivity contribution in [3.05, 3.63) is 47.5 Å². The standard InChI is InChI=1S/C16H16ClN3/c1-3-20-15-10-11(17)8-9-14(15)19-16(20)12-6-4-5-7-13(12)18-2/h4-10,18H,3H2,1-2H3. The molecule has 0 aliphatic heterocycles. The number of rotatable bonds is 3. The van der Waals surface area contributed by atoms with Crippen molar-refractivity contribution in [3.63, 3.8) is 0 Å². The van der Waals surface area contributed by atoms with Crippen LogP contribution in [0.5, 0.6) is 0 Å². The summed E-state index contributed by atoms with van der Waals surface area (Å²) in [6, 6.07) is 14.0. The Kier molecular flexibility index (Phi) is 3.36. The first-order valence-corrected chi connectivity index (χ1v) is 7.05. The summed E-state index contributed by atoms with van der Waals surface area (Å²) in [6.45, 7) is 2.97. The lowest BCUT2D eigenvalue weighted by Crippen LogP contribution is -2.00. The highest BCUT2D eigenvalue weighted by Gasteiger charge is 2.14. The Bertz CT molecular complexity index is 762. The smallest absolute Gasteiger partial charge is 0.143 e. The molecule has 3 aromatic rings. The minimum absolute atomic E-state index is 0.737. The van der Waals surface area contributed by atoms with E-state index in [1.165, 1.54) is 0 Å². The molecule has 0 radical (unpaired) electrons. The van der Waals surface area contributed by atoms with Gasteiger partial charge >= 0.3 is 0 Å². The predicted octanol–water partition coefficient (Wildman–Crippen LogP) is 4.42. The van der Waals surface area contributed by atoms with Gasteiger partial charge in [0.2, 0.25) is 0 Å². The van der Waals surface area contributed by atoms with Crippen molar-refractivity contribution in [1.82, 2.24) is 9.55 Å². The average molecular weight is 286 g/mol. The molecule has 0 aliphatic rings. The molecule has 102 valence electrons. The number of benzene rings is 2. The summed E-state index contributed by atoms with van der Waals surface area (Å²) in [5, 5.41) is 3.96. The number of imidazole rings is 1. The second kappa shape index (κ2) is 5.17. The van der Waals surface area contributed by atoms with E-state index in [0.29, 0.717) is 0 Å². The van der Waals surface area contributed by atoms with Gasteiger partial charge in [0.15, 0.2) is 0 Å². The number of aryl methyl sites for hydroxylation is 1. The van der Waals surface area contributed by atoms with Crippen molar-refractivity contribution < 1.29 is 0 Å². The lowest BCUT2D eigenvalue weighted by Gasteiger charge is -2.10. The van der Waals surface area contributed by atoms with Crippen LogP contribution in [0.2, 0.25) is 5.02 Å². The van der Waals surface area contributed by atoms with E-state index in [4.69, 9.17) is 16.6 Å². The van der Waals surface area contributed by atoms with Crippen molar-refractivity contribution in [2.24, 2.45) is 0 Å². The van der Waals surface area contributed by atoms with Crippen LogP contribution in [0.15, 0.2) is 42.5 Å². The van der Waals surface area contributed by atoms with E-state index in [1.807, 2.05) is 37.4 Å². The first-order valence-electron chi connectivity index (χ1n) is 6.67. The summed E-state index contributed by atoms with van der Waals surface area (Å²) in [4.78, 5) is 4.77. The minimum atomic E-state index is 0.737. The third-order valence-corrected chi connectivity index (χ3v) is 3.70. The summed E-state index contributed by atoms with van der Waals surface area (Å²) in [6.07, 6.45) is 0. The maximum absolute atomic E-state index is 6.11. The molecule has 1 heterocycles. The topological polar surface area (TPSA) is 29.9 Å². The Balaban J connectivity index is 2.30. The average Bonchev–Trinajstić information content (AvgIpc) is 2.84. The van der Waals surface area contributed by atoms with Crippen molar-refractivity contribution in [1.29, 1.82) is 0 Å². The van der Waals surface area contributed by atoms with Crippen LogP contribution < -0.4 is 5.32 Å². The van der Waals surface area contributed by atoms with E-state index in [-0.39, 0.29) is 0 Å². The second-order valence-corrected chi connectivity index (χ2v) is 5.04. The van der Waals surface area contributed by atoms with Gasteiger partial charge in [0, 0.05) is 29.9 Å². The molecule has 0 atom stereocenters. The van der Waals surface area contributed by atoms with Gasteiger partial charge in [-0.1, -0.05) is 23.7 Å². The van der Waals surface area contributed by atoms with E-state index in [2.05, 4.69) is 28.9 Å². The Morgan fingerprint density at radius 2 is 2.00 bits per heavy atom. The number of anilines is 1. The number of nitrogens with one attached hydrogen (secondary N) is 1. The second-order valence-electron chi connectivity index (χ2n) is 4.61. The van der Waals surface area contributed by atoms with Gasteiger partial charge < -0.3 is 9.88 Å². The van der Waals surface area contributed by atoms with Gasteiger partial charge in [0.05, 0.1) is 11.0 Å². The Hall–Kier alpha value is -2.00. The Morgan fingerprint density at radius 3 is 2.75 bits per heavy atom. The highest BCUT2D eigenvalue weighted by atomic mass is 35.5. The molecule has 0 saturated carbocycles. The van der Waals surface area contributed by atoms with Crippen LogP contribution >= 0.6 is 11.6 Å². The van der Waals surface area contributed by atoms with E-state index in [0.717, 1.165) is 39.7 Å². The third-order valence-electron chi connectivity index (χ3n) is 3.46. The fraction of sp³-hybridized carbons (Fsp3) is 0.188. The maximum atomic E-state index is 6.11. The molecule has 0 amide bonds. The highest BCUT2D eigenvalue weighted by molar-refractivity contribution is 6.31. The van der Waals surface area contributed by atoms with Gasteiger partial charge in [-0.15, -0.1) is 0 Å². The quantitative estimate of drug-likeness (QED) is 0.772. The first kappa shape index (κ1) is 13.0. The van der Waals surface area contributed by atoms with Crippen LogP contribution in [0.3, 0.4) is 0 Å². The third kappa shape index (κ3) is 2.04. The zero-order chi connectivity index (χ0) is 14.1. The van der Waals surface area contributed by atoms with Crippen LogP contribution in [0.25, 0.3) is 22.4 Å².